The molecular weight excluding hydrogens is 808 g/mol. The van der Waals surface area contributed by atoms with Crippen LogP contribution in [-0.4, -0.2) is 74.3 Å². The predicted molar refractivity (Wildman–Crippen MR) is 268 cm³/mol. The van der Waals surface area contributed by atoms with E-state index in [9.17, 15) is 19.0 Å². The first kappa shape index (κ1) is 61.2. The Morgan fingerprint density at radius 2 is 1.02 bits per heavy atom. The molecule has 3 unspecified atom stereocenters. The molecule has 0 aromatic heterocycles. The normalized spacial score (nSPS) is 14.2. The molecule has 10 heteroatoms. The molecule has 0 aliphatic carbocycles. The summed E-state index contributed by atoms with van der Waals surface area (Å²) in [6, 6.07) is -0.845. The summed E-state index contributed by atoms with van der Waals surface area (Å²) in [5.74, 6) is -0.511. The highest BCUT2D eigenvalue weighted by molar-refractivity contribution is 7.47. The summed E-state index contributed by atoms with van der Waals surface area (Å²) in [6.07, 6.45) is 49.9. The number of amides is 1. The van der Waals surface area contributed by atoms with Gasteiger partial charge < -0.3 is 19.4 Å². The van der Waals surface area contributed by atoms with Crippen molar-refractivity contribution in [2.45, 2.75) is 251 Å². The van der Waals surface area contributed by atoms with Crippen LogP contribution in [0.15, 0.2) is 36.5 Å². The average molecular weight is 910 g/mol. The van der Waals surface area contributed by atoms with Crippen LogP contribution in [0.4, 0.5) is 0 Å². The van der Waals surface area contributed by atoms with Crippen molar-refractivity contribution in [1.29, 1.82) is 0 Å². The number of nitrogens with zero attached hydrogens (tertiary/aromatic N) is 1. The molecule has 370 valence electrons. The molecule has 0 saturated carbocycles. The zero-order valence-electron chi connectivity index (χ0n) is 42.1. The lowest BCUT2D eigenvalue weighted by Crippen LogP contribution is -2.47. The highest BCUT2D eigenvalue weighted by atomic mass is 31.2. The van der Waals surface area contributed by atoms with Crippen molar-refractivity contribution in [1.82, 2.24) is 5.32 Å². The van der Waals surface area contributed by atoms with E-state index in [2.05, 4.69) is 50.4 Å². The summed E-state index contributed by atoms with van der Waals surface area (Å²) in [5, 5.41) is 3.03. The van der Waals surface area contributed by atoms with Crippen LogP contribution in [0.1, 0.15) is 239 Å². The van der Waals surface area contributed by atoms with Crippen LogP contribution >= 0.6 is 7.82 Å². The number of phosphoric ester groups is 1. The van der Waals surface area contributed by atoms with Crippen molar-refractivity contribution in [2.24, 2.45) is 0 Å². The van der Waals surface area contributed by atoms with Crippen LogP contribution in [0.5, 0.6) is 0 Å². The molecule has 1 amide bonds. The molecule has 0 aliphatic heterocycles. The van der Waals surface area contributed by atoms with E-state index >= 15 is 0 Å². The Morgan fingerprint density at radius 1 is 0.571 bits per heavy atom. The van der Waals surface area contributed by atoms with Gasteiger partial charge in [-0.3, -0.25) is 18.6 Å². The Kier molecular flexibility index (Phi) is 42.8. The lowest BCUT2D eigenvalue weighted by atomic mass is 10.0. The van der Waals surface area contributed by atoms with Gasteiger partial charge in [-0.15, -0.1) is 0 Å². The number of hydrogen-bond acceptors (Lipinski definition) is 6. The van der Waals surface area contributed by atoms with Crippen LogP contribution in [0.2, 0.25) is 0 Å². The highest BCUT2D eigenvalue weighted by Crippen LogP contribution is 2.43. The summed E-state index contributed by atoms with van der Waals surface area (Å²) < 4.78 is 30.5. The van der Waals surface area contributed by atoms with Crippen LogP contribution in [0, 0.1) is 0 Å². The van der Waals surface area contributed by atoms with Gasteiger partial charge in [-0.2, -0.15) is 0 Å². The second kappa shape index (κ2) is 44.1. The molecule has 0 saturated heterocycles. The van der Waals surface area contributed by atoms with Gasteiger partial charge in [0.05, 0.1) is 33.8 Å². The Bertz CT molecular complexity index is 1180. The maximum atomic E-state index is 13.4. The lowest BCUT2D eigenvalue weighted by molar-refractivity contribution is -0.870. The molecule has 0 heterocycles. The molecule has 9 nitrogen and oxygen atoms in total. The van der Waals surface area contributed by atoms with Crippen LogP contribution in [-0.2, 0) is 27.9 Å². The molecule has 0 aromatic rings. The molecule has 0 aliphatic rings. The topological polar surface area (TPSA) is 111 Å². The molecule has 0 spiro atoms. The molecule has 0 aromatic carbocycles. The minimum atomic E-state index is -4.43. The monoisotopic (exact) mass is 910 g/mol. The van der Waals surface area contributed by atoms with Gasteiger partial charge in [0.1, 0.15) is 19.3 Å². The number of allylic oxidation sites excluding steroid dienone is 5. The second-order valence-corrected chi connectivity index (χ2v) is 20.5. The number of carbonyl (C=O) groups is 2. The standard InChI is InChI=1S/C53H101N2O7P/c1-7-10-13-16-19-22-25-27-28-31-33-36-39-42-45-52(56)54-50(49-61-63(58,59)60-48-47-55(4,5)6)51(44-41-38-35-32-30-26-23-20-17-14-11-8-2)62-53(57)46-43-40-37-34-29-24-21-18-15-12-9-3/h10,13,19,22,41,44,50-51H,7-9,11-12,14-18,20-21,23-40,42-43,45-49H2,1-6H3,(H-,54,56,58,59)/p+1/b13-10+,22-19+,44-41+. The van der Waals surface area contributed by atoms with Gasteiger partial charge in [0.2, 0.25) is 5.91 Å². The largest absolute Gasteiger partial charge is 0.472 e. The molecular formula is C53H102N2O7P+. The van der Waals surface area contributed by atoms with E-state index in [0.717, 1.165) is 83.5 Å². The summed E-state index contributed by atoms with van der Waals surface area (Å²) >= 11 is 0. The quantitative estimate of drug-likeness (QED) is 0.0206. The zero-order valence-corrected chi connectivity index (χ0v) is 43.0. The maximum absolute atomic E-state index is 13.4. The summed E-state index contributed by atoms with van der Waals surface area (Å²) in [5.41, 5.74) is 0. The fourth-order valence-electron chi connectivity index (χ4n) is 7.51. The van der Waals surface area contributed by atoms with E-state index in [1.807, 2.05) is 33.3 Å². The predicted octanol–water partition coefficient (Wildman–Crippen LogP) is 15.2. The number of carbonyl (C=O) groups excluding carboxylic acids is 2. The van der Waals surface area contributed by atoms with E-state index in [0.29, 0.717) is 23.9 Å². The number of ether oxygens (including phenoxy) is 1. The molecule has 63 heavy (non-hydrogen) atoms. The average Bonchev–Trinajstić information content (AvgIpc) is 3.23. The van der Waals surface area contributed by atoms with Gasteiger partial charge in [-0.1, -0.05) is 205 Å². The minimum absolute atomic E-state index is 0.0401. The van der Waals surface area contributed by atoms with Crippen molar-refractivity contribution < 1.29 is 37.3 Å². The van der Waals surface area contributed by atoms with Crippen LogP contribution in [0.25, 0.3) is 0 Å². The van der Waals surface area contributed by atoms with Crippen LogP contribution in [0.3, 0.4) is 0 Å². The maximum Gasteiger partial charge on any atom is 0.472 e. The van der Waals surface area contributed by atoms with Crippen molar-refractivity contribution in [2.75, 3.05) is 40.9 Å². The Hall–Kier alpha value is -1.77. The Balaban J connectivity index is 5.42. The number of nitrogens with one attached hydrogen (secondary N) is 1. The van der Waals surface area contributed by atoms with E-state index < -0.39 is 20.0 Å². The minimum Gasteiger partial charge on any atom is -0.456 e. The first-order valence-electron chi connectivity index (χ1n) is 26.3. The van der Waals surface area contributed by atoms with E-state index in [1.165, 1.54) is 122 Å². The first-order valence-corrected chi connectivity index (χ1v) is 27.8. The number of quaternary nitrogens is 1. The van der Waals surface area contributed by atoms with Gasteiger partial charge in [0, 0.05) is 12.8 Å². The molecule has 2 N–H and O–H groups in total. The number of esters is 1. The van der Waals surface area contributed by atoms with E-state index in [4.69, 9.17) is 13.8 Å². The third kappa shape index (κ3) is 45.2. The van der Waals surface area contributed by atoms with Crippen LogP contribution < -0.4 is 5.32 Å². The Labute approximate surface area is 389 Å². The summed E-state index contributed by atoms with van der Waals surface area (Å²) in [6.45, 7) is 6.89. The van der Waals surface area contributed by atoms with Gasteiger partial charge in [0.25, 0.3) is 0 Å². The van der Waals surface area contributed by atoms with Gasteiger partial charge in [-0.05, 0) is 57.4 Å². The Morgan fingerprint density at radius 3 is 1.51 bits per heavy atom. The fraction of sp³-hybridized carbons (Fsp3) is 0.849. The van der Waals surface area contributed by atoms with Crippen molar-refractivity contribution in [3.05, 3.63) is 36.5 Å². The molecule has 0 bridgehead atoms. The SMILES string of the molecule is CC/C=C/C/C=C/CCCCCCCCCC(=O)NC(COP(=O)(O)OCC[N+](C)(C)C)C(/C=C/CCCCCCCCCCCC)OC(=O)CCCCCCCCCCCCC. The molecule has 3 atom stereocenters. The third-order valence-electron chi connectivity index (χ3n) is 11.6. The number of rotatable bonds is 47. The van der Waals surface area contributed by atoms with Crippen molar-refractivity contribution in [3.63, 3.8) is 0 Å². The van der Waals surface area contributed by atoms with Gasteiger partial charge in [-0.25, -0.2) is 4.57 Å². The molecule has 0 radical (unpaired) electrons. The van der Waals surface area contributed by atoms with Gasteiger partial charge in [0.15, 0.2) is 0 Å². The first-order chi connectivity index (χ1) is 30.4. The number of hydrogen-bond donors (Lipinski definition) is 2. The van der Waals surface area contributed by atoms with Gasteiger partial charge >= 0.3 is 13.8 Å². The third-order valence-corrected chi connectivity index (χ3v) is 12.6. The second-order valence-electron chi connectivity index (χ2n) is 19.0. The smallest absolute Gasteiger partial charge is 0.456 e. The zero-order chi connectivity index (χ0) is 46.5. The number of unbranched alkanes of at least 4 members (excludes halogenated alkanes) is 27. The summed E-state index contributed by atoms with van der Waals surface area (Å²) in [4.78, 5) is 37.4. The van der Waals surface area contributed by atoms with Crippen molar-refractivity contribution in [3.8, 4) is 0 Å². The summed E-state index contributed by atoms with van der Waals surface area (Å²) in [7, 11) is 1.49. The van der Waals surface area contributed by atoms with Crippen molar-refractivity contribution >= 4 is 19.7 Å². The lowest BCUT2D eigenvalue weighted by Gasteiger charge is -2.27. The fourth-order valence-corrected chi connectivity index (χ4v) is 8.24. The van der Waals surface area contributed by atoms with E-state index in [1.54, 1.807) is 0 Å². The van der Waals surface area contributed by atoms with E-state index in [-0.39, 0.29) is 25.1 Å². The number of likely N-dealkylation sites (N-methyl/N-ethyl adjacent to an activating group) is 1. The number of phosphoric acid groups is 1. The molecule has 0 rings (SSSR count). The molecule has 0 fully saturated rings. The highest BCUT2D eigenvalue weighted by Gasteiger charge is 2.30.